The van der Waals surface area contributed by atoms with Crippen LogP contribution >= 0.6 is 0 Å². The van der Waals surface area contributed by atoms with Crippen LogP contribution in [0.5, 0.6) is 0 Å². The van der Waals surface area contributed by atoms with E-state index in [0.717, 1.165) is 24.1 Å². The monoisotopic (exact) mass is 274 g/mol. The maximum Gasteiger partial charge on any atom is 0.220 e. The van der Waals surface area contributed by atoms with E-state index in [0.29, 0.717) is 37.8 Å². The molecule has 2 aromatic rings. The Hall–Kier alpha value is -1.88. The van der Waals surface area contributed by atoms with Crippen molar-refractivity contribution in [2.75, 3.05) is 19.8 Å². The van der Waals surface area contributed by atoms with Crippen LogP contribution in [0.4, 0.5) is 0 Å². The number of aromatic nitrogens is 1. The van der Waals surface area contributed by atoms with E-state index in [9.17, 15) is 4.79 Å². The van der Waals surface area contributed by atoms with Crippen LogP contribution in [0.15, 0.2) is 28.7 Å². The highest BCUT2D eigenvalue weighted by Crippen LogP contribution is 2.16. The van der Waals surface area contributed by atoms with Gasteiger partial charge in [-0.1, -0.05) is 12.1 Å². The van der Waals surface area contributed by atoms with Crippen LogP contribution in [0.2, 0.25) is 0 Å². The number of carbonyl (C=O) groups excluding carboxylic acids is 1. The fraction of sp³-hybridized carbons (Fsp3) is 0.467. The number of hydrogen-bond donors (Lipinski definition) is 1. The summed E-state index contributed by atoms with van der Waals surface area (Å²) in [5.74, 6) is 1.12. The van der Waals surface area contributed by atoms with Gasteiger partial charge in [0.2, 0.25) is 5.91 Å². The first-order valence-corrected chi connectivity index (χ1v) is 7.00. The second kappa shape index (κ2) is 6.05. The van der Waals surface area contributed by atoms with Crippen molar-refractivity contribution in [1.82, 2.24) is 10.3 Å². The van der Waals surface area contributed by atoms with E-state index in [4.69, 9.17) is 9.15 Å². The van der Waals surface area contributed by atoms with Gasteiger partial charge >= 0.3 is 0 Å². The number of para-hydroxylation sites is 2. The molecule has 2 heterocycles. The highest BCUT2D eigenvalue weighted by Gasteiger charge is 2.18. The predicted molar refractivity (Wildman–Crippen MR) is 74.3 cm³/mol. The molecule has 1 aromatic carbocycles. The Morgan fingerprint density at radius 3 is 3.10 bits per heavy atom. The van der Waals surface area contributed by atoms with E-state index >= 15 is 0 Å². The third-order valence-electron chi connectivity index (χ3n) is 3.50. The summed E-state index contributed by atoms with van der Waals surface area (Å²) >= 11 is 0. The molecule has 0 radical (unpaired) electrons. The average Bonchev–Trinajstić information content (AvgIpc) is 3.07. The lowest BCUT2D eigenvalue weighted by Gasteiger charge is -2.07. The molecule has 1 aliphatic rings. The third kappa shape index (κ3) is 3.17. The van der Waals surface area contributed by atoms with Gasteiger partial charge in [0.05, 0.1) is 0 Å². The van der Waals surface area contributed by atoms with Crippen molar-refractivity contribution >= 4 is 17.0 Å². The minimum Gasteiger partial charge on any atom is -0.441 e. The van der Waals surface area contributed by atoms with E-state index in [2.05, 4.69) is 10.3 Å². The van der Waals surface area contributed by atoms with Crippen molar-refractivity contribution in [2.45, 2.75) is 19.3 Å². The minimum atomic E-state index is 0.0802. The maximum absolute atomic E-state index is 11.7. The molecule has 1 aliphatic heterocycles. The van der Waals surface area contributed by atoms with Crippen molar-refractivity contribution < 1.29 is 13.9 Å². The van der Waals surface area contributed by atoms with Crippen LogP contribution in [0, 0.1) is 5.92 Å². The first kappa shape index (κ1) is 13.1. The number of benzene rings is 1. The molecule has 1 atom stereocenters. The summed E-state index contributed by atoms with van der Waals surface area (Å²) in [6.07, 6.45) is 2.15. The molecule has 5 heteroatoms. The first-order chi connectivity index (χ1) is 9.81. The van der Waals surface area contributed by atoms with Crippen LogP contribution in [-0.4, -0.2) is 30.6 Å². The van der Waals surface area contributed by atoms with Gasteiger partial charge in [0.15, 0.2) is 11.5 Å². The lowest BCUT2D eigenvalue weighted by molar-refractivity contribution is -0.122. The summed E-state index contributed by atoms with van der Waals surface area (Å²) in [6.45, 7) is 2.04. The highest BCUT2D eigenvalue weighted by atomic mass is 16.5. The van der Waals surface area contributed by atoms with Crippen molar-refractivity contribution in [3.63, 3.8) is 0 Å². The number of nitrogens with one attached hydrogen (secondary N) is 1. The van der Waals surface area contributed by atoms with Crippen molar-refractivity contribution in [3.05, 3.63) is 30.2 Å². The summed E-state index contributed by atoms with van der Waals surface area (Å²) in [6, 6.07) is 7.66. The predicted octanol–water partition coefficient (Wildman–Crippen LogP) is 1.91. The van der Waals surface area contributed by atoms with Crippen molar-refractivity contribution in [3.8, 4) is 0 Å². The number of ether oxygens (including phenoxy) is 1. The number of hydrogen-bond acceptors (Lipinski definition) is 4. The molecule has 0 spiro atoms. The van der Waals surface area contributed by atoms with Crippen LogP contribution in [0.3, 0.4) is 0 Å². The lowest BCUT2D eigenvalue weighted by atomic mass is 10.1. The Balaban J connectivity index is 1.45. The summed E-state index contributed by atoms with van der Waals surface area (Å²) in [5.41, 5.74) is 1.65. The standard InChI is InChI=1S/C15H18N2O3/c18-14(9-11-6-8-19-10-11)16-7-5-15-17-12-3-1-2-4-13(12)20-15/h1-4,11H,5-10H2,(H,16,18)/t11-/m1/s1. The SMILES string of the molecule is O=C(C[C@H]1CCOC1)NCCc1nc2ccccc2o1. The van der Waals surface area contributed by atoms with Gasteiger partial charge in [0, 0.05) is 32.6 Å². The molecule has 1 amide bonds. The molecular weight excluding hydrogens is 256 g/mol. The fourth-order valence-electron chi connectivity index (χ4n) is 2.41. The Kier molecular flexibility index (Phi) is 3.97. The fourth-order valence-corrected chi connectivity index (χ4v) is 2.41. The zero-order chi connectivity index (χ0) is 13.8. The minimum absolute atomic E-state index is 0.0802. The second-order valence-electron chi connectivity index (χ2n) is 5.11. The van der Waals surface area contributed by atoms with Crippen LogP contribution < -0.4 is 5.32 Å². The molecule has 5 nitrogen and oxygen atoms in total. The largest absolute Gasteiger partial charge is 0.441 e. The molecule has 20 heavy (non-hydrogen) atoms. The Labute approximate surface area is 117 Å². The molecule has 1 saturated heterocycles. The van der Waals surface area contributed by atoms with E-state index in [1.54, 1.807) is 0 Å². The van der Waals surface area contributed by atoms with Gasteiger partial charge in [-0.3, -0.25) is 4.79 Å². The third-order valence-corrected chi connectivity index (χ3v) is 3.50. The highest BCUT2D eigenvalue weighted by molar-refractivity contribution is 5.76. The lowest BCUT2D eigenvalue weighted by Crippen LogP contribution is -2.27. The molecule has 0 bridgehead atoms. The van der Waals surface area contributed by atoms with Gasteiger partial charge in [0.1, 0.15) is 5.52 Å². The summed E-state index contributed by atoms with van der Waals surface area (Å²) in [4.78, 5) is 16.1. The van der Waals surface area contributed by atoms with E-state index in [-0.39, 0.29) is 5.91 Å². The molecule has 0 aliphatic carbocycles. The Bertz CT molecular complexity index is 555. The normalized spacial score (nSPS) is 18.5. The topological polar surface area (TPSA) is 64.4 Å². The van der Waals surface area contributed by atoms with Gasteiger partial charge in [0.25, 0.3) is 0 Å². The quantitative estimate of drug-likeness (QED) is 0.904. The van der Waals surface area contributed by atoms with Gasteiger partial charge < -0.3 is 14.5 Å². The summed E-state index contributed by atoms with van der Waals surface area (Å²) < 4.78 is 10.9. The maximum atomic E-state index is 11.7. The number of oxazole rings is 1. The number of amides is 1. The number of fused-ring (bicyclic) bond motifs is 1. The van der Waals surface area contributed by atoms with E-state index in [1.807, 2.05) is 24.3 Å². The van der Waals surface area contributed by atoms with Gasteiger partial charge in [-0.2, -0.15) is 0 Å². The first-order valence-electron chi connectivity index (χ1n) is 7.00. The second-order valence-corrected chi connectivity index (χ2v) is 5.11. The molecule has 1 N–H and O–H groups in total. The summed E-state index contributed by atoms with van der Waals surface area (Å²) in [7, 11) is 0. The molecule has 106 valence electrons. The smallest absolute Gasteiger partial charge is 0.220 e. The number of nitrogens with zero attached hydrogens (tertiary/aromatic N) is 1. The van der Waals surface area contributed by atoms with Crippen LogP contribution in [0.25, 0.3) is 11.1 Å². The molecule has 1 fully saturated rings. The number of rotatable bonds is 5. The van der Waals surface area contributed by atoms with E-state index < -0.39 is 0 Å². The molecule has 0 saturated carbocycles. The molecule has 3 rings (SSSR count). The summed E-state index contributed by atoms with van der Waals surface area (Å²) in [5, 5.41) is 2.91. The average molecular weight is 274 g/mol. The van der Waals surface area contributed by atoms with Crippen LogP contribution in [-0.2, 0) is 16.0 Å². The Morgan fingerprint density at radius 2 is 2.30 bits per heavy atom. The Morgan fingerprint density at radius 1 is 1.40 bits per heavy atom. The molecule has 0 unspecified atom stereocenters. The van der Waals surface area contributed by atoms with Gasteiger partial charge in [-0.25, -0.2) is 4.98 Å². The number of carbonyl (C=O) groups is 1. The van der Waals surface area contributed by atoms with Gasteiger partial charge in [-0.05, 0) is 24.5 Å². The van der Waals surface area contributed by atoms with Crippen molar-refractivity contribution in [2.24, 2.45) is 5.92 Å². The van der Waals surface area contributed by atoms with Gasteiger partial charge in [-0.15, -0.1) is 0 Å². The molecule has 1 aromatic heterocycles. The van der Waals surface area contributed by atoms with Crippen molar-refractivity contribution in [1.29, 1.82) is 0 Å². The van der Waals surface area contributed by atoms with E-state index in [1.165, 1.54) is 0 Å². The molecular formula is C15H18N2O3. The van der Waals surface area contributed by atoms with Crippen LogP contribution in [0.1, 0.15) is 18.7 Å². The zero-order valence-electron chi connectivity index (χ0n) is 11.3. The zero-order valence-corrected chi connectivity index (χ0v) is 11.3.